The van der Waals surface area contributed by atoms with E-state index in [1.807, 2.05) is 0 Å². The Morgan fingerprint density at radius 2 is 2.00 bits per heavy atom. The summed E-state index contributed by atoms with van der Waals surface area (Å²) in [6, 6.07) is 11.8. The van der Waals surface area contributed by atoms with E-state index in [0.717, 1.165) is 11.3 Å². The van der Waals surface area contributed by atoms with Crippen LogP contribution in [0.15, 0.2) is 69.1 Å². The molecule has 0 atom stereocenters. The molecule has 3 aromatic rings. The number of aromatic nitrogens is 1. The average molecular weight is 409 g/mol. The summed E-state index contributed by atoms with van der Waals surface area (Å²) >= 11 is 0.980. The van der Waals surface area contributed by atoms with E-state index in [1.54, 1.807) is 30.3 Å². The first-order valence-electron chi connectivity index (χ1n) is 8.33. The predicted octanol–water partition coefficient (Wildman–Crippen LogP) is 4.10. The fourth-order valence-corrected chi connectivity index (χ4v) is 3.46. The van der Waals surface area contributed by atoms with Crippen molar-refractivity contribution >= 4 is 46.5 Å². The molecule has 0 saturated carbocycles. The van der Waals surface area contributed by atoms with Gasteiger partial charge in [0.15, 0.2) is 0 Å². The van der Waals surface area contributed by atoms with Crippen molar-refractivity contribution in [1.82, 2.24) is 4.98 Å². The number of nitrogens with zero attached hydrogens (tertiary/aromatic N) is 3. The Balaban J connectivity index is 1.67. The number of non-ortho nitro benzene ring substituents is 1. The van der Waals surface area contributed by atoms with Gasteiger partial charge in [-0.2, -0.15) is 5.10 Å². The van der Waals surface area contributed by atoms with Crippen molar-refractivity contribution in [3.05, 3.63) is 90.1 Å². The number of hydrogen-bond acceptors (Lipinski definition) is 7. The minimum Gasteiger partial charge on any atom is -0.341 e. The molecule has 0 fully saturated rings. The zero-order valence-corrected chi connectivity index (χ0v) is 15.4. The predicted molar refractivity (Wildman–Crippen MR) is 111 cm³/mol. The van der Waals surface area contributed by atoms with Crippen LogP contribution in [-0.2, 0) is 0 Å². The molecular weight excluding hydrogens is 397 g/mol. The lowest BCUT2D eigenvalue weighted by Gasteiger charge is -2.06. The van der Waals surface area contributed by atoms with Gasteiger partial charge in [0.05, 0.1) is 16.0 Å². The van der Waals surface area contributed by atoms with Crippen LogP contribution in [0.1, 0.15) is 10.4 Å². The maximum atomic E-state index is 13.1. The number of nitrogens with one attached hydrogen (secondary N) is 2. The van der Waals surface area contributed by atoms with Gasteiger partial charge in [-0.1, -0.05) is 23.5 Å². The van der Waals surface area contributed by atoms with E-state index in [-0.39, 0.29) is 16.4 Å². The van der Waals surface area contributed by atoms with Gasteiger partial charge in [0.25, 0.3) is 5.69 Å². The second kappa shape index (κ2) is 7.60. The number of anilines is 2. The van der Waals surface area contributed by atoms with Crippen LogP contribution in [-0.4, -0.2) is 21.8 Å². The maximum Gasteiger partial charge on any atom is 0.306 e. The van der Waals surface area contributed by atoms with Gasteiger partial charge in [-0.25, -0.2) is 4.39 Å². The summed E-state index contributed by atoms with van der Waals surface area (Å²) in [5.41, 5.74) is 2.15. The van der Waals surface area contributed by atoms with Crippen LogP contribution in [0.5, 0.6) is 0 Å². The number of allylic oxidation sites excluding steroid dienone is 1. The first-order valence-corrected chi connectivity index (χ1v) is 9.15. The third kappa shape index (κ3) is 4.01. The summed E-state index contributed by atoms with van der Waals surface area (Å²) in [7, 11) is 0. The summed E-state index contributed by atoms with van der Waals surface area (Å²) in [6.07, 6.45) is 3.22. The SMILES string of the molecule is O=c1[nH]c(Nc2ccc(F)cc2)c(/C=C2/C=NN=C2c2cccc([N+](=O)[O-])c2)s1. The normalized spacial score (nSPS) is 14.2. The van der Waals surface area contributed by atoms with E-state index in [1.165, 1.54) is 30.5 Å². The van der Waals surface area contributed by atoms with Crippen molar-refractivity contribution in [3.8, 4) is 0 Å². The second-order valence-corrected chi connectivity index (χ2v) is 7.00. The van der Waals surface area contributed by atoms with Crippen LogP contribution in [0, 0.1) is 15.9 Å². The largest absolute Gasteiger partial charge is 0.341 e. The summed E-state index contributed by atoms with van der Waals surface area (Å²) in [6.45, 7) is 0. The number of nitro benzene ring substituents is 1. The Morgan fingerprint density at radius 3 is 2.76 bits per heavy atom. The van der Waals surface area contributed by atoms with Crippen molar-refractivity contribution in [2.75, 3.05) is 5.32 Å². The van der Waals surface area contributed by atoms with E-state index < -0.39 is 4.92 Å². The molecule has 1 aliphatic rings. The third-order valence-electron chi connectivity index (χ3n) is 4.03. The summed E-state index contributed by atoms with van der Waals surface area (Å²) in [5.74, 6) is 0.0782. The molecule has 29 heavy (non-hydrogen) atoms. The van der Waals surface area contributed by atoms with E-state index in [9.17, 15) is 19.3 Å². The molecule has 0 spiro atoms. The van der Waals surface area contributed by atoms with Crippen LogP contribution in [0.25, 0.3) is 6.08 Å². The van der Waals surface area contributed by atoms with Crippen molar-refractivity contribution in [2.24, 2.45) is 10.2 Å². The number of rotatable bonds is 5. The van der Waals surface area contributed by atoms with Crippen molar-refractivity contribution in [1.29, 1.82) is 0 Å². The summed E-state index contributed by atoms with van der Waals surface area (Å²) in [4.78, 5) is 25.5. The molecule has 0 unspecified atom stereocenters. The molecule has 1 aliphatic heterocycles. The van der Waals surface area contributed by atoms with Crippen LogP contribution >= 0.6 is 11.3 Å². The molecule has 2 aromatic carbocycles. The molecule has 0 bridgehead atoms. The number of thiazole rings is 1. The van der Waals surface area contributed by atoms with Gasteiger partial charge in [0, 0.05) is 29.0 Å². The molecule has 0 aliphatic carbocycles. The molecule has 0 radical (unpaired) electrons. The van der Waals surface area contributed by atoms with Crippen LogP contribution in [0.2, 0.25) is 0 Å². The summed E-state index contributed by atoms with van der Waals surface area (Å²) in [5, 5.41) is 22.0. The smallest absolute Gasteiger partial charge is 0.306 e. The van der Waals surface area contributed by atoms with Gasteiger partial charge >= 0.3 is 4.87 Å². The highest BCUT2D eigenvalue weighted by Crippen LogP contribution is 2.26. The quantitative estimate of drug-likeness (QED) is 0.488. The molecule has 4 rings (SSSR count). The molecular formula is C19H12FN5O3S. The van der Waals surface area contributed by atoms with Gasteiger partial charge in [0.2, 0.25) is 0 Å². The highest BCUT2D eigenvalue weighted by Gasteiger charge is 2.18. The molecule has 10 heteroatoms. The van der Waals surface area contributed by atoms with Crippen LogP contribution in [0.4, 0.5) is 21.6 Å². The minimum absolute atomic E-state index is 0.0542. The lowest BCUT2D eigenvalue weighted by atomic mass is 10.0. The lowest BCUT2D eigenvalue weighted by molar-refractivity contribution is -0.384. The summed E-state index contributed by atoms with van der Waals surface area (Å²) < 4.78 is 13.1. The second-order valence-electron chi connectivity index (χ2n) is 5.99. The number of nitro groups is 1. The highest BCUT2D eigenvalue weighted by molar-refractivity contribution is 7.10. The number of hydrogen-bond donors (Lipinski definition) is 2. The van der Waals surface area contributed by atoms with Gasteiger partial charge in [0.1, 0.15) is 17.3 Å². The van der Waals surface area contributed by atoms with Gasteiger partial charge in [-0.15, -0.1) is 5.10 Å². The highest BCUT2D eigenvalue weighted by atomic mass is 32.1. The topological polar surface area (TPSA) is 113 Å². The molecule has 2 N–H and O–H groups in total. The van der Waals surface area contributed by atoms with E-state index in [2.05, 4.69) is 20.5 Å². The number of aromatic amines is 1. The molecule has 0 amide bonds. The van der Waals surface area contributed by atoms with Crippen LogP contribution < -0.4 is 10.2 Å². The molecule has 1 aromatic heterocycles. The zero-order valence-electron chi connectivity index (χ0n) is 14.6. The van der Waals surface area contributed by atoms with Crippen LogP contribution in [0.3, 0.4) is 0 Å². The Hall–Kier alpha value is -3.92. The van der Waals surface area contributed by atoms with Gasteiger partial charge in [-0.05, 0) is 30.3 Å². The monoisotopic (exact) mass is 409 g/mol. The maximum absolute atomic E-state index is 13.1. The van der Waals surface area contributed by atoms with E-state index in [0.29, 0.717) is 33.2 Å². The van der Waals surface area contributed by atoms with Gasteiger partial charge < -0.3 is 5.32 Å². The van der Waals surface area contributed by atoms with Crippen molar-refractivity contribution in [3.63, 3.8) is 0 Å². The molecule has 144 valence electrons. The van der Waals surface area contributed by atoms with Crippen molar-refractivity contribution < 1.29 is 9.31 Å². The molecule has 2 heterocycles. The fourth-order valence-electron chi connectivity index (χ4n) is 2.72. The first kappa shape index (κ1) is 18.4. The van der Waals surface area contributed by atoms with Gasteiger partial charge in [-0.3, -0.25) is 19.9 Å². The minimum atomic E-state index is -0.480. The average Bonchev–Trinajstić information content (AvgIpc) is 3.30. The molecule has 0 saturated heterocycles. The lowest BCUT2D eigenvalue weighted by Crippen LogP contribution is -2.03. The van der Waals surface area contributed by atoms with E-state index >= 15 is 0 Å². The Morgan fingerprint density at radius 1 is 1.21 bits per heavy atom. The fraction of sp³-hybridized carbons (Fsp3) is 0. The number of benzene rings is 2. The van der Waals surface area contributed by atoms with E-state index in [4.69, 9.17) is 0 Å². The molecule has 8 nitrogen and oxygen atoms in total. The Kier molecular flexibility index (Phi) is 4.83. The standard InChI is InChI=1S/C19H12FN5O3S/c20-13-4-6-14(7-5-13)22-18-16(29-19(26)23-18)9-12-10-21-24-17(12)11-2-1-3-15(8-11)25(27)28/h1-10,22H,(H,23,26)/b12-9-. The van der Waals surface area contributed by atoms with Crippen molar-refractivity contribution in [2.45, 2.75) is 0 Å². The Bertz CT molecular complexity index is 1240. The number of halogens is 1. The third-order valence-corrected chi connectivity index (χ3v) is 4.86. The number of H-pyrrole nitrogens is 1. The first-order chi connectivity index (χ1) is 14.0. The zero-order chi connectivity index (χ0) is 20.4. The Labute approximate surface area is 166 Å².